The quantitative estimate of drug-likeness (QED) is 0.732. The minimum Gasteiger partial charge on any atom is -0.466 e. The number of carbonyl (C=O) groups is 2. The Morgan fingerprint density at radius 1 is 1.41 bits per heavy atom. The Morgan fingerprint density at radius 2 is 2.12 bits per heavy atom. The monoisotopic (exact) mass is 239 g/mol. The minimum atomic E-state index is -0.303. The van der Waals surface area contributed by atoms with Crippen molar-refractivity contribution in [2.45, 2.75) is 20.3 Å². The van der Waals surface area contributed by atoms with Gasteiger partial charge in [-0.15, -0.1) is 0 Å². The van der Waals surface area contributed by atoms with Crippen LogP contribution in [0, 0.1) is 6.92 Å². The van der Waals surface area contributed by atoms with E-state index < -0.39 is 0 Å². The normalized spacial score (nSPS) is 10.1. The summed E-state index contributed by atoms with van der Waals surface area (Å²) in [6, 6.07) is 3.35. The number of hydrogen-bond acceptors (Lipinski definition) is 4. The highest BCUT2D eigenvalue weighted by molar-refractivity contribution is 5.91. The van der Waals surface area contributed by atoms with Crippen LogP contribution in [0.4, 0.5) is 0 Å². The van der Waals surface area contributed by atoms with Crippen molar-refractivity contribution >= 4 is 11.9 Å². The molecule has 1 heterocycles. The number of nitrogens with zero attached hydrogens (tertiary/aromatic N) is 1. The number of amides is 1. The summed E-state index contributed by atoms with van der Waals surface area (Å²) in [4.78, 5) is 24.4. The van der Waals surface area contributed by atoms with Gasteiger partial charge in [0.25, 0.3) is 5.91 Å². The van der Waals surface area contributed by atoms with E-state index in [9.17, 15) is 9.59 Å². The third kappa shape index (κ3) is 3.94. The van der Waals surface area contributed by atoms with Gasteiger partial charge >= 0.3 is 5.97 Å². The van der Waals surface area contributed by atoms with Gasteiger partial charge < -0.3 is 14.1 Å². The molecular formula is C12H17NO4. The van der Waals surface area contributed by atoms with E-state index in [0.29, 0.717) is 18.9 Å². The lowest BCUT2D eigenvalue weighted by atomic mass is 10.3. The lowest BCUT2D eigenvalue weighted by Crippen LogP contribution is -2.29. The van der Waals surface area contributed by atoms with Crippen LogP contribution in [0.3, 0.4) is 0 Å². The first-order valence-corrected chi connectivity index (χ1v) is 5.52. The fraction of sp³-hybridized carbons (Fsp3) is 0.500. The number of furan rings is 1. The number of aryl methyl sites for hydroxylation is 1. The molecule has 0 unspecified atom stereocenters. The fourth-order valence-electron chi connectivity index (χ4n) is 1.33. The van der Waals surface area contributed by atoms with Crippen molar-refractivity contribution in [3.8, 4) is 0 Å². The van der Waals surface area contributed by atoms with Crippen molar-refractivity contribution in [3.05, 3.63) is 23.7 Å². The molecule has 1 aromatic rings. The van der Waals surface area contributed by atoms with Gasteiger partial charge in [-0.25, -0.2) is 0 Å². The van der Waals surface area contributed by atoms with Gasteiger partial charge in [0.2, 0.25) is 0 Å². The molecule has 5 nitrogen and oxygen atoms in total. The lowest BCUT2D eigenvalue weighted by molar-refractivity contribution is -0.143. The molecule has 0 fully saturated rings. The molecule has 0 aliphatic heterocycles. The van der Waals surface area contributed by atoms with Crippen LogP contribution in [0.25, 0.3) is 0 Å². The molecule has 0 aromatic carbocycles. The van der Waals surface area contributed by atoms with Gasteiger partial charge in [-0.2, -0.15) is 0 Å². The van der Waals surface area contributed by atoms with Gasteiger partial charge in [0, 0.05) is 13.6 Å². The first kappa shape index (κ1) is 13.3. The SMILES string of the molecule is CCOC(=O)CCN(C)C(=O)c1ccc(C)o1. The molecule has 1 rings (SSSR count). The molecule has 0 aliphatic rings. The van der Waals surface area contributed by atoms with E-state index >= 15 is 0 Å². The number of carbonyl (C=O) groups excluding carboxylic acids is 2. The van der Waals surface area contributed by atoms with Gasteiger partial charge in [-0.3, -0.25) is 9.59 Å². The lowest BCUT2D eigenvalue weighted by Gasteiger charge is -2.14. The van der Waals surface area contributed by atoms with Crippen LogP contribution in [-0.2, 0) is 9.53 Å². The highest BCUT2D eigenvalue weighted by Crippen LogP contribution is 2.09. The van der Waals surface area contributed by atoms with Gasteiger partial charge in [-0.1, -0.05) is 0 Å². The van der Waals surface area contributed by atoms with Crippen molar-refractivity contribution < 1.29 is 18.7 Å². The Hall–Kier alpha value is -1.78. The minimum absolute atomic E-state index is 0.190. The molecule has 0 saturated carbocycles. The molecule has 5 heteroatoms. The van der Waals surface area contributed by atoms with Crippen LogP contribution in [-0.4, -0.2) is 37.0 Å². The predicted molar refractivity (Wildman–Crippen MR) is 61.7 cm³/mol. The summed E-state index contributed by atoms with van der Waals surface area (Å²) in [6.07, 6.45) is 0.190. The first-order valence-electron chi connectivity index (χ1n) is 5.52. The maximum absolute atomic E-state index is 11.8. The highest BCUT2D eigenvalue weighted by atomic mass is 16.5. The summed E-state index contributed by atoms with van der Waals surface area (Å²) in [6.45, 7) is 4.19. The second-order valence-corrected chi connectivity index (χ2v) is 3.69. The Morgan fingerprint density at radius 3 is 2.65 bits per heavy atom. The zero-order valence-electron chi connectivity index (χ0n) is 10.4. The smallest absolute Gasteiger partial charge is 0.307 e. The zero-order valence-corrected chi connectivity index (χ0v) is 10.4. The van der Waals surface area contributed by atoms with Crippen molar-refractivity contribution in [2.24, 2.45) is 0 Å². The van der Waals surface area contributed by atoms with Crippen molar-refractivity contribution in [1.82, 2.24) is 4.90 Å². The van der Waals surface area contributed by atoms with Crippen LogP contribution in [0.5, 0.6) is 0 Å². The maximum Gasteiger partial charge on any atom is 0.307 e. The maximum atomic E-state index is 11.8. The topological polar surface area (TPSA) is 59.8 Å². The molecule has 0 spiro atoms. The Balaban J connectivity index is 2.45. The van der Waals surface area contributed by atoms with E-state index in [0.717, 1.165) is 0 Å². The molecule has 0 saturated heterocycles. The average Bonchev–Trinajstić information content (AvgIpc) is 2.72. The highest BCUT2D eigenvalue weighted by Gasteiger charge is 2.16. The summed E-state index contributed by atoms with van der Waals surface area (Å²) < 4.78 is 9.99. The molecule has 0 atom stereocenters. The fourth-order valence-corrected chi connectivity index (χ4v) is 1.33. The summed E-state index contributed by atoms with van der Waals surface area (Å²) in [5, 5.41) is 0. The van der Waals surface area contributed by atoms with E-state index in [1.165, 1.54) is 4.90 Å². The second-order valence-electron chi connectivity index (χ2n) is 3.69. The molecule has 1 amide bonds. The van der Waals surface area contributed by atoms with Gasteiger partial charge in [0.15, 0.2) is 5.76 Å². The second kappa shape index (κ2) is 6.08. The molecule has 0 radical (unpaired) electrons. The molecule has 1 aromatic heterocycles. The van der Waals surface area contributed by atoms with E-state index in [-0.39, 0.29) is 24.1 Å². The van der Waals surface area contributed by atoms with Gasteiger partial charge in [0.05, 0.1) is 13.0 Å². The molecule has 0 N–H and O–H groups in total. The summed E-state index contributed by atoms with van der Waals surface area (Å²) in [5.41, 5.74) is 0. The largest absolute Gasteiger partial charge is 0.466 e. The van der Waals surface area contributed by atoms with E-state index in [4.69, 9.17) is 9.15 Å². The summed E-state index contributed by atoms with van der Waals surface area (Å²) in [7, 11) is 1.62. The molecule has 0 aliphatic carbocycles. The molecule has 0 bridgehead atoms. The zero-order chi connectivity index (χ0) is 12.8. The Labute approximate surface area is 100 Å². The summed E-state index contributed by atoms with van der Waals surface area (Å²) in [5.74, 6) is 0.436. The van der Waals surface area contributed by atoms with E-state index in [2.05, 4.69) is 0 Å². The third-order valence-electron chi connectivity index (χ3n) is 2.25. The molecule has 17 heavy (non-hydrogen) atoms. The third-order valence-corrected chi connectivity index (χ3v) is 2.25. The predicted octanol–water partition coefficient (Wildman–Crippen LogP) is 1.61. The average molecular weight is 239 g/mol. The van der Waals surface area contributed by atoms with Crippen LogP contribution in [0.2, 0.25) is 0 Å². The van der Waals surface area contributed by atoms with Crippen LogP contribution < -0.4 is 0 Å². The Kier molecular flexibility index (Phi) is 4.75. The summed E-state index contributed by atoms with van der Waals surface area (Å²) >= 11 is 0. The van der Waals surface area contributed by atoms with Crippen molar-refractivity contribution in [1.29, 1.82) is 0 Å². The van der Waals surface area contributed by atoms with Crippen LogP contribution in [0.15, 0.2) is 16.5 Å². The number of esters is 1. The van der Waals surface area contributed by atoms with Gasteiger partial charge in [-0.05, 0) is 26.0 Å². The molecular weight excluding hydrogens is 222 g/mol. The van der Waals surface area contributed by atoms with E-state index in [1.807, 2.05) is 0 Å². The van der Waals surface area contributed by atoms with Crippen molar-refractivity contribution in [2.75, 3.05) is 20.2 Å². The number of ether oxygens (including phenoxy) is 1. The number of hydrogen-bond donors (Lipinski definition) is 0. The first-order chi connectivity index (χ1) is 8.04. The Bertz CT molecular complexity index is 397. The van der Waals surface area contributed by atoms with Crippen LogP contribution in [0.1, 0.15) is 29.7 Å². The van der Waals surface area contributed by atoms with E-state index in [1.54, 1.807) is 33.0 Å². The standard InChI is InChI=1S/C12H17NO4/c1-4-16-11(14)7-8-13(3)12(15)10-6-5-9(2)17-10/h5-6H,4,7-8H2,1-3H3. The van der Waals surface area contributed by atoms with Crippen LogP contribution >= 0.6 is 0 Å². The van der Waals surface area contributed by atoms with Gasteiger partial charge in [0.1, 0.15) is 5.76 Å². The molecule has 94 valence electrons. The van der Waals surface area contributed by atoms with Crippen molar-refractivity contribution in [3.63, 3.8) is 0 Å². The number of rotatable bonds is 5.